The molecular weight excluding hydrogens is 206 g/mol. The molecule has 0 heterocycles. The maximum atomic E-state index is 10.7. The number of para-hydroxylation sites is 2. The monoisotopic (exact) mass is 223 g/mol. The van der Waals surface area contributed by atoms with Crippen LogP contribution in [0.2, 0.25) is 0 Å². The lowest BCUT2D eigenvalue weighted by atomic mass is 10.2. The van der Waals surface area contributed by atoms with Crippen LogP contribution in [-0.2, 0) is 4.79 Å². The van der Waals surface area contributed by atoms with Crippen LogP contribution >= 0.6 is 0 Å². The lowest BCUT2D eigenvalue weighted by Crippen LogP contribution is -2.27. The zero-order valence-corrected chi connectivity index (χ0v) is 9.69. The summed E-state index contributed by atoms with van der Waals surface area (Å²) >= 11 is 0. The number of hydrogen-bond donors (Lipinski definition) is 3. The van der Waals surface area contributed by atoms with E-state index in [9.17, 15) is 4.79 Å². The van der Waals surface area contributed by atoms with Crippen molar-refractivity contribution >= 4 is 17.3 Å². The highest BCUT2D eigenvalue weighted by atomic mass is 16.4. The lowest BCUT2D eigenvalue weighted by Gasteiger charge is -2.19. The predicted molar refractivity (Wildman–Crippen MR) is 64.5 cm³/mol. The van der Waals surface area contributed by atoms with E-state index >= 15 is 0 Å². The Hall–Kier alpha value is -1.75. The quantitative estimate of drug-likeness (QED) is 0.659. The second-order valence-corrected chi connectivity index (χ2v) is 3.76. The number of aliphatic carboxylic acids is 1. The van der Waals surface area contributed by atoms with Crippen molar-refractivity contribution in [2.75, 3.05) is 24.8 Å². The Bertz CT molecular complexity index is 366. The number of rotatable bonds is 5. The van der Waals surface area contributed by atoms with Crippen molar-refractivity contribution in [1.82, 2.24) is 5.01 Å². The van der Waals surface area contributed by atoms with Gasteiger partial charge in [0.25, 0.3) is 0 Å². The summed E-state index contributed by atoms with van der Waals surface area (Å²) < 4.78 is 0. The average molecular weight is 223 g/mol. The molecule has 1 unspecified atom stereocenters. The third kappa shape index (κ3) is 3.43. The van der Waals surface area contributed by atoms with Crippen LogP contribution in [0.5, 0.6) is 0 Å². The molecule has 0 aliphatic carbocycles. The van der Waals surface area contributed by atoms with Gasteiger partial charge in [-0.3, -0.25) is 4.79 Å². The molecular formula is C11H17N3O2. The molecule has 1 atom stereocenters. The van der Waals surface area contributed by atoms with Gasteiger partial charge in [-0.25, -0.2) is 5.01 Å². The van der Waals surface area contributed by atoms with E-state index in [2.05, 4.69) is 10.7 Å². The van der Waals surface area contributed by atoms with Gasteiger partial charge < -0.3 is 15.8 Å². The molecule has 5 heteroatoms. The number of hydrogen-bond acceptors (Lipinski definition) is 4. The van der Waals surface area contributed by atoms with E-state index in [0.29, 0.717) is 0 Å². The van der Waals surface area contributed by atoms with Crippen LogP contribution in [0.1, 0.15) is 6.92 Å². The molecule has 0 saturated carbocycles. The van der Waals surface area contributed by atoms with Crippen LogP contribution in [0.25, 0.3) is 0 Å². The van der Waals surface area contributed by atoms with Crippen LogP contribution < -0.4 is 10.7 Å². The van der Waals surface area contributed by atoms with Crippen molar-refractivity contribution in [3.8, 4) is 0 Å². The molecule has 0 aromatic heterocycles. The highest BCUT2D eigenvalue weighted by Gasteiger charge is 2.12. The molecule has 0 fully saturated rings. The molecule has 16 heavy (non-hydrogen) atoms. The lowest BCUT2D eigenvalue weighted by molar-refractivity contribution is -0.137. The minimum atomic E-state index is -0.875. The van der Waals surface area contributed by atoms with Gasteiger partial charge in [0.2, 0.25) is 0 Å². The van der Waals surface area contributed by atoms with E-state index in [4.69, 9.17) is 5.11 Å². The molecule has 5 nitrogen and oxygen atoms in total. The van der Waals surface area contributed by atoms with Gasteiger partial charge in [0, 0.05) is 14.1 Å². The number of anilines is 2. The molecule has 0 spiro atoms. The molecule has 0 bridgehead atoms. The third-order valence-electron chi connectivity index (χ3n) is 2.01. The summed E-state index contributed by atoms with van der Waals surface area (Å²) in [6.45, 7) is 1.61. The smallest absolute Gasteiger partial charge is 0.325 e. The Morgan fingerprint density at radius 1 is 1.31 bits per heavy atom. The van der Waals surface area contributed by atoms with Crippen LogP contribution in [0.3, 0.4) is 0 Å². The van der Waals surface area contributed by atoms with Crippen molar-refractivity contribution in [1.29, 1.82) is 0 Å². The predicted octanol–water partition coefficient (Wildman–Crippen LogP) is 1.46. The summed E-state index contributed by atoms with van der Waals surface area (Å²) in [5.41, 5.74) is 4.71. The van der Waals surface area contributed by atoms with Crippen LogP contribution in [0.4, 0.5) is 11.4 Å². The molecule has 1 aromatic carbocycles. The number of hydrazine groups is 1. The van der Waals surface area contributed by atoms with Crippen LogP contribution in [0, 0.1) is 0 Å². The second-order valence-electron chi connectivity index (χ2n) is 3.76. The van der Waals surface area contributed by atoms with Crippen molar-refractivity contribution in [2.45, 2.75) is 13.0 Å². The Morgan fingerprint density at radius 3 is 2.38 bits per heavy atom. The molecule has 1 rings (SSSR count). The maximum Gasteiger partial charge on any atom is 0.325 e. The van der Waals surface area contributed by atoms with Gasteiger partial charge in [-0.05, 0) is 19.1 Å². The van der Waals surface area contributed by atoms with Gasteiger partial charge in [0.1, 0.15) is 6.04 Å². The Kier molecular flexibility index (Phi) is 4.13. The van der Waals surface area contributed by atoms with Gasteiger partial charge in [0.05, 0.1) is 11.4 Å². The average Bonchev–Trinajstić information content (AvgIpc) is 2.20. The van der Waals surface area contributed by atoms with Crippen molar-refractivity contribution in [2.24, 2.45) is 0 Å². The first-order valence-corrected chi connectivity index (χ1v) is 5.03. The third-order valence-corrected chi connectivity index (χ3v) is 2.01. The number of benzene rings is 1. The standard InChI is InChI=1S/C11H17N3O2/c1-8(11(15)16)12-9-6-4-5-7-10(9)13-14(2)3/h4-8,12-13H,1-3H3,(H,15,16). The van der Waals surface area contributed by atoms with Crippen molar-refractivity contribution in [3.63, 3.8) is 0 Å². The van der Waals surface area contributed by atoms with Crippen LogP contribution in [0.15, 0.2) is 24.3 Å². The fourth-order valence-corrected chi connectivity index (χ4v) is 1.24. The van der Waals surface area contributed by atoms with E-state index in [1.54, 1.807) is 11.9 Å². The number of carboxylic acid groups (broad SMARTS) is 1. The van der Waals surface area contributed by atoms with Gasteiger partial charge >= 0.3 is 5.97 Å². The highest BCUT2D eigenvalue weighted by molar-refractivity contribution is 5.79. The van der Waals surface area contributed by atoms with E-state index in [0.717, 1.165) is 11.4 Å². The Balaban J connectivity index is 2.82. The van der Waals surface area contributed by atoms with Crippen LogP contribution in [-0.4, -0.2) is 36.2 Å². The van der Waals surface area contributed by atoms with Gasteiger partial charge in [-0.15, -0.1) is 0 Å². The molecule has 3 N–H and O–H groups in total. The molecule has 1 aromatic rings. The topological polar surface area (TPSA) is 64.6 Å². The first kappa shape index (κ1) is 12.3. The molecule has 0 saturated heterocycles. The summed E-state index contributed by atoms with van der Waals surface area (Å²) in [6.07, 6.45) is 0. The van der Waals surface area contributed by atoms with E-state index in [-0.39, 0.29) is 0 Å². The molecule has 0 aliphatic rings. The van der Waals surface area contributed by atoms with Gasteiger partial charge in [0.15, 0.2) is 0 Å². The Morgan fingerprint density at radius 2 is 1.88 bits per heavy atom. The highest BCUT2D eigenvalue weighted by Crippen LogP contribution is 2.21. The number of nitrogens with one attached hydrogen (secondary N) is 2. The van der Waals surface area contributed by atoms with E-state index < -0.39 is 12.0 Å². The van der Waals surface area contributed by atoms with Gasteiger partial charge in [-0.1, -0.05) is 12.1 Å². The molecule has 0 aliphatic heterocycles. The fraction of sp³-hybridized carbons (Fsp3) is 0.364. The Labute approximate surface area is 95.0 Å². The largest absolute Gasteiger partial charge is 0.480 e. The summed E-state index contributed by atoms with van der Waals surface area (Å²) in [7, 11) is 3.74. The summed E-state index contributed by atoms with van der Waals surface area (Å²) in [5.74, 6) is -0.875. The molecule has 0 amide bonds. The number of carbonyl (C=O) groups is 1. The minimum absolute atomic E-state index is 0.620. The van der Waals surface area contributed by atoms with Gasteiger partial charge in [-0.2, -0.15) is 0 Å². The zero-order chi connectivity index (χ0) is 12.1. The van der Waals surface area contributed by atoms with E-state index in [1.165, 1.54) is 0 Å². The fourth-order valence-electron chi connectivity index (χ4n) is 1.24. The number of nitrogens with zero attached hydrogens (tertiary/aromatic N) is 1. The summed E-state index contributed by atoms with van der Waals surface area (Å²) in [4.78, 5) is 10.7. The molecule has 88 valence electrons. The van der Waals surface area contributed by atoms with Crippen molar-refractivity contribution < 1.29 is 9.90 Å². The SMILES string of the molecule is CC(Nc1ccccc1NN(C)C)C(=O)O. The molecule has 0 radical (unpaired) electrons. The van der Waals surface area contributed by atoms with E-state index in [1.807, 2.05) is 38.4 Å². The summed E-state index contributed by atoms with van der Waals surface area (Å²) in [5, 5.41) is 13.5. The first-order chi connectivity index (χ1) is 7.50. The maximum absolute atomic E-state index is 10.7. The first-order valence-electron chi connectivity index (χ1n) is 5.03. The number of carboxylic acids is 1. The normalized spacial score (nSPS) is 12.2. The minimum Gasteiger partial charge on any atom is -0.480 e. The zero-order valence-electron chi connectivity index (χ0n) is 9.69. The second kappa shape index (κ2) is 5.37. The van der Waals surface area contributed by atoms with Crippen molar-refractivity contribution in [3.05, 3.63) is 24.3 Å². The summed E-state index contributed by atoms with van der Waals surface area (Å²) in [6, 6.07) is 6.85.